The molecule has 0 aromatic heterocycles. The monoisotopic (exact) mass is 399 g/mol. The molecule has 7 heteroatoms. The molecule has 5 nitrogen and oxygen atoms in total. The summed E-state index contributed by atoms with van der Waals surface area (Å²) in [7, 11) is 0. The van der Waals surface area contributed by atoms with Gasteiger partial charge < -0.3 is 15.5 Å². The predicted molar refractivity (Wildman–Crippen MR) is 106 cm³/mol. The van der Waals surface area contributed by atoms with E-state index in [0.29, 0.717) is 29.6 Å². The van der Waals surface area contributed by atoms with Crippen molar-refractivity contribution >= 4 is 35.8 Å². The summed E-state index contributed by atoms with van der Waals surface area (Å²) in [6, 6.07) is 5.37. The molecule has 0 bridgehead atoms. The number of carbonyl (C=O) groups excluding carboxylic acids is 2. The van der Waals surface area contributed by atoms with Gasteiger partial charge in [0.05, 0.1) is 6.04 Å². The molecule has 2 heterocycles. The molecule has 0 spiro atoms. The van der Waals surface area contributed by atoms with E-state index in [2.05, 4.69) is 10.6 Å². The lowest BCUT2D eigenvalue weighted by molar-refractivity contribution is -0.123. The Balaban J connectivity index is 0.00000243. The maximum absolute atomic E-state index is 12.7. The smallest absolute Gasteiger partial charge is 0.253 e. The summed E-state index contributed by atoms with van der Waals surface area (Å²) in [6.07, 6.45) is 3.99. The van der Waals surface area contributed by atoms with Gasteiger partial charge in [-0.2, -0.15) is 0 Å². The minimum atomic E-state index is -0.0432. The van der Waals surface area contributed by atoms with E-state index in [-0.39, 0.29) is 30.3 Å². The van der Waals surface area contributed by atoms with Crippen LogP contribution in [0.15, 0.2) is 18.2 Å². The van der Waals surface area contributed by atoms with Crippen molar-refractivity contribution in [3.8, 4) is 0 Å². The second-order valence-electron chi connectivity index (χ2n) is 7.12. The van der Waals surface area contributed by atoms with Crippen molar-refractivity contribution in [2.75, 3.05) is 26.2 Å². The van der Waals surface area contributed by atoms with Crippen LogP contribution in [0.3, 0.4) is 0 Å². The zero-order valence-corrected chi connectivity index (χ0v) is 16.7. The van der Waals surface area contributed by atoms with E-state index in [9.17, 15) is 9.59 Å². The van der Waals surface area contributed by atoms with Crippen molar-refractivity contribution in [1.82, 2.24) is 15.5 Å². The van der Waals surface area contributed by atoms with Crippen molar-refractivity contribution in [2.45, 2.75) is 38.6 Å². The second-order valence-corrected chi connectivity index (χ2v) is 7.52. The van der Waals surface area contributed by atoms with Crippen molar-refractivity contribution < 1.29 is 9.59 Å². The zero-order chi connectivity index (χ0) is 17.8. The molecule has 2 saturated heterocycles. The molecule has 26 heavy (non-hydrogen) atoms. The van der Waals surface area contributed by atoms with Crippen LogP contribution in [0.5, 0.6) is 0 Å². The predicted octanol–water partition coefficient (Wildman–Crippen LogP) is 2.79. The van der Waals surface area contributed by atoms with Crippen LogP contribution in [0.1, 0.15) is 41.6 Å². The minimum absolute atomic E-state index is 0. The lowest BCUT2D eigenvalue weighted by atomic mass is 9.97. The Labute approximate surface area is 166 Å². The van der Waals surface area contributed by atoms with Gasteiger partial charge in [-0.3, -0.25) is 9.59 Å². The Morgan fingerprint density at radius 2 is 2.12 bits per heavy atom. The summed E-state index contributed by atoms with van der Waals surface area (Å²) < 4.78 is 0. The van der Waals surface area contributed by atoms with Crippen LogP contribution in [0.4, 0.5) is 0 Å². The van der Waals surface area contributed by atoms with E-state index in [1.54, 1.807) is 12.1 Å². The van der Waals surface area contributed by atoms with Crippen LogP contribution in [-0.2, 0) is 4.79 Å². The van der Waals surface area contributed by atoms with Crippen LogP contribution in [0.25, 0.3) is 0 Å². The summed E-state index contributed by atoms with van der Waals surface area (Å²) in [5, 5.41) is 6.95. The highest BCUT2D eigenvalue weighted by atomic mass is 35.5. The molecule has 2 aliphatic rings. The molecular formula is C19H27Cl2N3O2. The summed E-state index contributed by atoms with van der Waals surface area (Å²) in [4.78, 5) is 26.8. The third-order valence-corrected chi connectivity index (χ3v) is 5.58. The number of amides is 2. The van der Waals surface area contributed by atoms with Gasteiger partial charge in [-0.1, -0.05) is 11.6 Å². The summed E-state index contributed by atoms with van der Waals surface area (Å²) in [6.45, 7) is 4.93. The van der Waals surface area contributed by atoms with Crippen LogP contribution in [0.2, 0.25) is 5.02 Å². The summed E-state index contributed by atoms with van der Waals surface area (Å²) >= 11 is 6.05. The van der Waals surface area contributed by atoms with E-state index in [1.807, 2.05) is 17.9 Å². The van der Waals surface area contributed by atoms with Gasteiger partial charge in [-0.05, 0) is 68.8 Å². The van der Waals surface area contributed by atoms with Crippen LogP contribution in [-0.4, -0.2) is 48.9 Å². The average molecular weight is 400 g/mol. The number of carbonyl (C=O) groups is 2. The van der Waals surface area contributed by atoms with E-state index < -0.39 is 0 Å². The number of likely N-dealkylation sites (tertiary alicyclic amines) is 1. The fourth-order valence-corrected chi connectivity index (χ4v) is 3.77. The number of hydrogen-bond donors (Lipinski definition) is 2. The van der Waals surface area contributed by atoms with Gasteiger partial charge in [0, 0.05) is 30.2 Å². The molecule has 2 atom stereocenters. The Morgan fingerprint density at radius 1 is 1.31 bits per heavy atom. The number of aryl methyl sites for hydroxylation is 1. The first kappa shape index (κ1) is 21.0. The lowest BCUT2D eigenvalue weighted by Crippen LogP contribution is -2.46. The van der Waals surface area contributed by atoms with Gasteiger partial charge in [0.1, 0.15) is 0 Å². The van der Waals surface area contributed by atoms with Gasteiger partial charge in [0.25, 0.3) is 5.91 Å². The molecule has 144 valence electrons. The van der Waals surface area contributed by atoms with Crippen LogP contribution >= 0.6 is 24.0 Å². The summed E-state index contributed by atoms with van der Waals surface area (Å²) in [5.41, 5.74) is 1.60. The van der Waals surface area contributed by atoms with E-state index >= 15 is 0 Å². The first-order valence-corrected chi connectivity index (χ1v) is 9.49. The number of rotatable bonds is 4. The van der Waals surface area contributed by atoms with Gasteiger partial charge in [0.15, 0.2) is 0 Å². The third-order valence-electron chi connectivity index (χ3n) is 5.15. The van der Waals surface area contributed by atoms with Crippen molar-refractivity contribution in [3.63, 3.8) is 0 Å². The number of nitrogens with zero attached hydrogens (tertiary/aromatic N) is 1. The molecule has 2 fully saturated rings. The van der Waals surface area contributed by atoms with E-state index in [0.717, 1.165) is 44.3 Å². The molecule has 1 aromatic rings. The van der Waals surface area contributed by atoms with Crippen molar-refractivity contribution in [1.29, 1.82) is 0 Å². The van der Waals surface area contributed by atoms with E-state index in [1.165, 1.54) is 0 Å². The number of hydrogen-bond acceptors (Lipinski definition) is 3. The molecule has 0 radical (unpaired) electrons. The lowest BCUT2D eigenvalue weighted by Gasteiger charge is -2.33. The third kappa shape index (κ3) is 5.12. The topological polar surface area (TPSA) is 61.4 Å². The highest BCUT2D eigenvalue weighted by Gasteiger charge is 2.27. The SMILES string of the molecule is Cc1cc(C(=O)N2CCCC(CNC(=O)C3CCCN3)C2)ccc1Cl.Cl. The Bertz CT molecular complexity index is 648. The number of halogens is 2. The fourth-order valence-electron chi connectivity index (χ4n) is 3.65. The maximum atomic E-state index is 12.7. The fraction of sp³-hybridized carbons (Fsp3) is 0.579. The van der Waals surface area contributed by atoms with E-state index in [4.69, 9.17) is 11.6 Å². The number of nitrogens with one attached hydrogen (secondary N) is 2. The number of piperidine rings is 1. The Kier molecular flexibility index (Phi) is 7.74. The zero-order valence-electron chi connectivity index (χ0n) is 15.1. The molecule has 2 amide bonds. The minimum Gasteiger partial charge on any atom is -0.354 e. The molecule has 0 saturated carbocycles. The Morgan fingerprint density at radius 3 is 2.81 bits per heavy atom. The average Bonchev–Trinajstić information content (AvgIpc) is 3.16. The maximum Gasteiger partial charge on any atom is 0.253 e. The molecule has 3 rings (SSSR count). The Hall–Kier alpha value is -1.30. The highest BCUT2D eigenvalue weighted by Crippen LogP contribution is 2.21. The van der Waals surface area contributed by atoms with Crippen LogP contribution < -0.4 is 10.6 Å². The molecule has 2 aliphatic heterocycles. The summed E-state index contributed by atoms with van der Waals surface area (Å²) in [5.74, 6) is 0.457. The first-order valence-electron chi connectivity index (χ1n) is 9.11. The van der Waals surface area contributed by atoms with Gasteiger partial charge >= 0.3 is 0 Å². The standard InChI is InChI=1S/C19H26ClN3O2.ClH/c1-13-10-15(6-7-16(13)20)19(25)23-9-3-4-14(12-23)11-22-18(24)17-5-2-8-21-17;/h6-7,10,14,17,21H,2-5,8-9,11-12H2,1H3,(H,22,24);1H. The molecule has 0 aliphatic carbocycles. The van der Waals surface area contributed by atoms with Gasteiger partial charge in [-0.25, -0.2) is 0 Å². The highest BCUT2D eigenvalue weighted by molar-refractivity contribution is 6.31. The van der Waals surface area contributed by atoms with Gasteiger partial charge in [-0.15, -0.1) is 12.4 Å². The van der Waals surface area contributed by atoms with Crippen molar-refractivity contribution in [3.05, 3.63) is 34.3 Å². The second kappa shape index (κ2) is 9.58. The molecule has 2 N–H and O–H groups in total. The number of benzene rings is 1. The van der Waals surface area contributed by atoms with Gasteiger partial charge in [0.2, 0.25) is 5.91 Å². The van der Waals surface area contributed by atoms with Crippen molar-refractivity contribution in [2.24, 2.45) is 5.92 Å². The largest absolute Gasteiger partial charge is 0.354 e. The quantitative estimate of drug-likeness (QED) is 0.817. The molecule has 1 aromatic carbocycles. The molecular weight excluding hydrogens is 373 g/mol. The molecule has 2 unspecified atom stereocenters. The first-order chi connectivity index (χ1) is 12.0. The van der Waals surface area contributed by atoms with Crippen LogP contribution in [0, 0.1) is 12.8 Å². The normalized spacial score (nSPS) is 22.6.